The first-order chi connectivity index (χ1) is 20.0. The monoisotopic (exact) mass is 606 g/mol. The first-order valence-corrected chi connectivity index (χ1v) is 14.3. The van der Waals surface area contributed by atoms with Gasteiger partial charge >= 0.3 is 5.97 Å². The lowest BCUT2D eigenvalue weighted by Crippen LogP contribution is -2.65. The standard InChI is InChI=1S/C32H25ClF2N2O4S/c1-19-11-13-22(14-12-19)31(23-7-4-8-24(33)17-23)18-42-32(27(31)30(40)41,36-28(38)20-5-2-9-25(34)15-20)37-29(39)21-6-3-10-26(35)16-21/h2-17,27H,18H2,1H3,(H,36,38)(H,37,39)(H,40,41). The maximum atomic E-state index is 14.0. The van der Waals surface area contributed by atoms with E-state index < -0.39 is 45.7 Å². The average molecular weight is 607 g/mol. The van der Waals surface area contributed by atoms with Crippen LogP contribution in [-0.2, 0) is 10.2 Å². The van der Waals surface area contributed by atoms with Crippen LogP contribution in [0.4, 0.5) is 8.78 Å². The molecular formula is C32H25ClF2N2O4S. The number of nitrogens with one attached hydrogen (secondary N) is 2. The lowest BCUT2D eigenvalue weighted by atomic mass is 9.65. The number of rotatable bonds is 7. The van der Waals surface area contributed by atoms with Gasteiger partial charge in [0.25, 0.3) is 11.8 Å². The van der Waals surface area contributed by atoms with Crippen LogP contribution in [0.1, 0.15) is 37.4 Å². The zero-order valence-electron chi connectivity index (χ0n) is 22.2. The molecule has 6 nitrogen and oxygen atoms in total. The predicted octanol–water partition coefficient (Wildman–Crippen LogP) is 6.17. The molecule has 0 aromatic heterocycles. The summed E-state index contributed by atoms with van der Waals surface area (Å²) in [6, 6.07) is 23.9. The Balaban J connectivity index is 1.72. The van der Waals surface area contributed by atoms with E-state index in [9.17, 15) is 28.3 Å². The number of carboxylic acids is 1. The van der Waals surface area contributed by atoms with Gasteiger partial charge in [0, 0.05) is 27.3 Å². The highest BCUT2D eigenvalue weighted by Gasteiger charge is 2.64. The molecule has 2 unspecified atom stereocenters. The number of aryl methyl sites for hydroxylation is 1. The topological polar surface area (TPSA) is 95.5 Å². The molecule has 2 atom stereocenters. The van der Waals surface area contributed by atoms with E-state index in [1.54, 1.807) is 24.3 Å². The maximum absolute atomic E-state index is 14.0. The van der Waals surface area contributed by atoms with Gasteiger partial charge in [0.05, 0.1) is 0 Å². The molecule has 0 spiro atoms. The molecule has 1 heterocycles. The molecular weight excluding hydrogens is 582 g/mol. The number of amides is 2. The zero-order valence-corrected chi connectivity index (χ0v) is 23.8. The van der Waals surface area contributed by atoms with Crippen LogP contribution in [0.5, 0.6) is 0 Å². The maximum Gasteiger partial charge on any atom is 0.313 e. The Morgan fingerprint density at radius 3 is 1.86 bits per heavy atom. The third kappa shape index (κ3) is 5.49. The van der Waals surface area contributed by atoms with Gasteiger partial charge in [-0.15, -0.1) is 11.8 Å². The van der Waals surface area contributed by atoms with Crippen LogP contribution in [-0.4, -0.2) is 33.6 Å². The highest BCUT2D eigenvalue weighted by Crippen LogP contribution is 2.56. The van der Waals surface area contributed by atoms with Crippen LogP contribution in [0.2, 0.25) is 5.02 Å². The van der Waals surface area contributed by atoms with Gasteiger partial charge in [0.1, 0.15) is 17.6 Å². The second-order valence-electron chi connectivity index (χ2n) is 10.1. The number of hydrogen-bond acceptors (Lipinski definition) is 4. The van der Waals surface area contributed by atoms with Crippen molar-refractivity contribution in [2.45, 2.75) is 17.3 Å². The van der Waals surface area contributed by atoms with Gasteiger partial charge in [-0.2, -0.15) is 0 Å². The first-order valence-electron chi connectivity index (χ1n) is 12.9. The molecule has 10 heteroatoms. The molecule has 0 saturated carbocycles. The number of carbonyl (C=O) groups is 3. The lowest BCUT2D eigenvalue weighted by Gasteiger charge is -2.41. The Kier molecular flexibility index (Phi) is 8.08. The largest absolute Gasteiger partial charge is 0.481 e. The highest BCUT2D eigenvalue weighted by atomic mass is 35.5. The number of carbonyl (C=O) groups excluding carboxylic acids is 2. The molecule has 5 rings (SSSR count). The predicted molar refractivity (Wildman–Crippen MR) is 157 cm³/mol. The van der Waals surface area contributed by atoms with Crippen molar-refractivity contribution < 1.29 is 28.3 Å². The molecule has 3 N–H and O–H groups in total. The minimum absolute atomic E-state index is 0.0743. The zero-order chi connectivity index (χ0) is 30.1. The van der Waals surface area contributed by atoms with Crippen LogP contribution in [0, 0.1) is 24.5 Å². The fraction of sp³-hybridized carbons (Fsp3) is 0.156. The Bertz CT molecular complexity index is 1620. The van der Waals surface area contributed by atoms with Gasteiger partial charge in [-0.1, -0.05) is 65.7 Å². The fourth-order valence-corrected chi connectivity index (χ4v) is 7.34. The summed E-state index contributed by atoms with van der Waals surface area (Å²) in [7, 11) is 0. The molecule has 0 aliphatic carbocycles. The van der Waals surface area contributed by atoms with Crippen molar-refractivity contribution in [3.63, 3.8) is 0 Å². The van der Waals surface area contributed by atoms with Gasteiger partial charge in [-0.25, -0.2) is 8.78 Å². The third-order valence-corrected chi connectivity index (χ3v) is 9.08. The van der Waals surface area contributed by atoms with Crippen molar-refractivity contribution in [1.29, 1.82) is 0 Å². The molecule has 1 aliphatic heterocycles. The summed E-state index contributed by atoms with van der Waals surface area (Å²) in [5, 5.41) is 16.7. The van der Waals surface area contributed by atoms with Crippen LogP contribution in [0.3, 0.4) is 0 Å². The summed E-state index contributed by atoms with van der Waals surface area (Å²) < 4.78 is 28.1. The SMILES string of the molecule is Cc1ccc(C2(c3cccc(Cl)c3)CSC(NC(=O)c3cccc(F)c3)(NC(=O)c3cccc(F)c3)C2C(=O)O)cc1. The van der Waals surface area contributed by atoms with Crippen LogP contribution in [0.25, 0.3) is 0 Å². The number of thioether (sulfide) groups is 1. The molecule has 2 amide bonds. The Morgan fingerprint density at radius 1 is 0.810 bits per heavy atom. The first kappa shape index (κ1) is 29.3. The molecule has 0 bridgehead atoms. The Labute approximate surface area is 250 Å². The normalized spacial score (nSPS) is 19.2. The van der Waals surface area contributed by atoms with Crippen molar-refractivity contribution in [2.75, 3.05) is 5.75 Å². The second kappa shape index (κ2) is 11.6. The number of hydrogen-bond donors (Lipinski definition) is 3. The van der Waals surface area contributed by atoms with Crippen LogP contribution in [0.15, 0.2) is 97.1 Å². The number of halogens is 3. The summed E-state index contributed by atoms with van der Waals surface area (Å²) >= 11 is 7.40. The van der Waals surface area contributed by atoms with Crippen molar-refractivity contribution in [3.8, 4) is 0 Å². The number of aliphatic carboxylic acids is 1. The summed E-state index contributed by atoms with van der Waals surface area (Å²) in [4.78, 5) is 38.6. The van der Waals surface area contributed by atoms with Gasteiger partial charge in [-0.05, 0) is 66.6 Å². The molecule has 1 aliphatic rings. The molecule has 4 aromatic rings. The van der Waals surface area contributed by atoms with Gasteiger partial charge in [0.2, 0.25) is 0 Å². The minimum Gasteiger partial charge on any atom is -0.481 e. The minimum atomic E-state index is -1.97. The van der Waals surface area contributed by atoms with E-state index in [2.05, 4.69) is 10.6 Å². The van der Waals surface area contributed by atoms with E-state index in [0.717, 1.165) is 29.5 Å². The van der Waals surface area contributed by atoms with Crippen molar-refractivity contribution in [2.24, 2.45) is 5.92 Å². The van der Waals surface area contributed by atoms with Crippen molar-refractivity contribution in [1.82, 2.24) is 10.6 Å². The van der Waals surface area contributed by atoms with Crippen LogP contribution >= 0.6 is 23.4 Å². The van der Waals surface area contributed by atoms with E-state index in [4.69, 9.17) is 11.6 Å². The van der Waals surface area contributed by atoms with Crippen molar-refractivity contribution >= 4 is 41.1 Å². The summed E-state index contributed by atoms with van der Waals surface area (Å²) in [5.74, 6) is -5.67. The van der Waals surface area contributed by atoms with E-state index in [1.165, 1.54) is 36.4 Å². The van der Waals surface area contributed by atoms with E-state index in [0.29, 0.717) is 16.1 Å². The molecule has 4 aromatic carbocycles. The quantitative estimate of drug-likeness (QED) is 0.219. The summed E-state index contributed by atoms with van der Waals surface area (Å²) in [6.45, 7) is 1.90. The van der Waals surface area contributed by atoms with E-state index >= 15 is 0 Å². The third-order valence-electron chi connectivity index (χ3n) is 7.35. The Morgan fingerprint density at radius 2 is 1.36 bits per heavy atom. The molecule has 214 valence electrons. The number of benzene rings is 4. The highest BCUT2D eigenvalue weighted by molar-refractivity contribution is 8.01. The van der Waals surface area contributed by atoms with E-state index in [-0.39, 0.29) is 16.9 Å². The summed E-state index contributed by atoms with van der Waals surface area (Å²) in [5.41, 5.74) is 0.671. The van der Waals surface area contributed by atoms with Gasteiger partial charge in [0.15, 0.2) is 4.99 Å². The smallest absolute Gasteiger partial charge is 0.313 e. The molecule has 0 radical (unpaired) electrons. The molecule has 1 fully saturated rings. The molecule has 1 saturated heterocycles. The molecule has 42 heavy (non-hydrogen) atoms. The second-order valence-corrected chi connectivity index (χ2v) is 11.7. The number of carboxylic acid groups (broad SMARTS) is 1. The van der Waals surface area contributed by atoms with Gasteiger partial charge < -0.3 is 15.7 Å². The lowest BCUT2D eigenvalue weighted by molar-refractivity contribution is -0.145. The van der Waals surface area contributed by atoms with Gasteiger partial charge in [-0.3, -0.25) is 14.4 Å². The van der Waals surface area contributed by atoms with E-state index in [1.807, 2.05) is 31.2 Å². The fourth-order valence-electron chi connectivity index (χ4n) is 5.40. The summed E-state index contributed by atoms with van der Waals surface area (Å²) in [6.07, 6.45) is 0. The average Bonchev–Trinajstić information content (AvgIpc) is 3.28. The van der Waals surface area contributed by atoms with Crippen molar-refractivity contribution in [3.05, 3.63) is 142 Å². The Hall–Kier alpha value is -4.21. The van der Waals surface area contributed by atoms with Crippen LogP contribution < -0.4 is 10.6 Å².